The molecule has 0 aliphatic carbocycles. The molecular formula is C21H21N3O2. The molecule has 0 saturated heterocycles. The van der Waals surface area contributed by atoms with Crippen molar-refractivity contribution in [3.63, 3.8) is 0 Å². The van der Waals surface area contributed by atoms with Gasteiger partial charge in [0.15, 0.2) is 0 Å². The summed E-state index contributed by atoms with van der Waals surface area (Å²) in [5, 5.41) is 0.785. The van der Waals surface area contributed by atoms with Gasteiger partial charge in [-0.1, -0.05) is 36.4 Å². The number of para-hydroxylation sites is 1. The van der Waals surface area contributed by atoms with Gasteiger partial charge in [0, 0.05) is 30.2 Å². The lowest BCUT2D eigenvalue weighted by atomic mass is 9.95. The van der Waals surface area contributed by atoms with Crippen LogP contribution in [-0.4, -0.2) is 27.8 Å². The molecule has 0 bridgehead atoms. The van der Waals surface area contributed by atoms with Gasteiger partial charge in [0.2, 0.25) is 5.91 Å². The summed E-state index contributed by atoms with van der Waals surface area (Å²) in [6.45, 7) is 3.68. The average Bonchev–Trinajstić information content (AvgIpc) is 3.01. The molecule has 4 rings (SSSR count). The number of carbonyl (C=O) groups excluding carboxylic acids is 2. The van der Waals surface area contributed by atoms with Crippen LogP contribution >= 0.6 is 0 Å². The van der Waals surface area contributed by atoms with Gasteiger partial charge >= 0.3 is 0 Å². The summed E-state index contributed by atoms with van der Waals surface area (Å²) >= 11 is 0. The summed E-state index contributed by atoms with van der Waals surface area (Å²) in [6, 6.07) is 13.8. The highest BCUT2D eigenvalue weighted by Gasteiger charge is 2.22. The van der Waals surface area contributed by atoms with Crippen LogP contribution in [0.25, 0.3) is 10.9 Å². The van der Waals surface area contributed by atoms with Gasteiger partial charge < -0.3 is 15.2 Å². The first-order valence-corrected chi connectivity index (χ1v) is 8.77. The van der Waals surface area contributed by atoms with E-state index in [0.717, 1.165) is 23.9 Å². The smallest absolute Gasteiger partial charge is 0.250 e. The Kier molecular flexibility index (Phi) is 3.99. The van der Waals surface area contributed by atoms with E-state index in [1.807, 2.05) is 39.8 Å². The van der Waals surface area contributed by atoms with E-state index < -0.39 is 5.91 Å². The van der Waals surface area contributed by atoms with Crippen molar-refractivity contribution in [2.24, 2.45) is 5.73 Å². The molecule has 0 saturated carbocycles. The predicted octanol–water partition coefficient (Wildman–Crippen LogP) is 2.63. The Labute approximate surface area is 152 Å². The Hall–Kier alpha value is -3.08. The van der Waals surface area contributed by atoms with Gasteiger partial charge in [0.05, 0.1) is 5.56 Å². The maximum atomic E-state index is 12.9. The van der Waals surface area contributed by atoms with E-state index in [-0.39, 0.29) is 12.5 Å². The van der Waals surface area contributed by atoms with Crippen LogP contribution in [0.3, 0.4) is 0 Å². The third-order valence-electron chi connectivity index (χ3n) is 5.21. The van der Waals surface area contributed by atoms with Crippen LogP contribution in [0.2, 0.25) is 0 Å². The van der Waals surface area contributed by atoms with Crippen molar-refractivity contribution in [1.29, 1.82) is 0 Å². The number of amides is 2. The number of hydrogen-bond acceptors (Lipinski definition) is 2. The number of rotatable bonds is 3. The minimum Gasteiger partial charge on any atom is -0.366 e. The molecule has 0 radical (unpaired) electrons. The fourth-order valence-corrected chi connectivity index (χ4v) is 3.83. The molecule has 0 fully saturated rings. The van der Waals surface area contributed by atoms with Crippen LogP contribution in [0.4, 0.5) is 0 Å². The number of nitrogens with two attached hydrogens (primary N) is 1. The molecule has 0 unspecified atom stereocenters. The van der Waals surface area contributed by atoms with E-state index in [0.29, 0.717) is 12.1 Å². The lowest BCUT2D eigenvalue weighted by Crippen LogP contribution is -2.38. The number of carbonyl (C=O) groups is 2. The topological polar surface area (TPSA) is 68.3 Å². The van der Waals surface area contributed by atoms with Crippen LogP contribution in [-0.2, 0) is 24.3 Å². The van der Waals surface area contributed by atoms with Crippen molar-refractivity contribution < 1.29 is 9.59 Å². The summed E-state index contributed by atoms with van der Waals surface area (Å²) in [7, 11) is 0. The largest absolute Gasteiger partial charge is 0.366 e. The Morgan fingerprint density at radius 1 is 1.12 bits per heavy atom. The zero-order valence-electron chi connectivity index (χ0n) is 14.7. The summed E-state index contributed by atoms with van der Waals surface area (Å²) in [5.41, 5.74) is 10.7. The fourth-order valence-electron chi connectivity index (χ4n) is 3.83. The van der Waals surface area contributed by atoms with E-state index in [1.54, 1.807) is 6.20 Å². The first-order chi connectivity index (χ1) is 12.5. The van der Waals surface area contributed by atoms with Crippen molar-refractivity contribution in [3.05, 3.63) is 70.9 Å². The second-order valence-electron chi connectivity index (χ2n) is 6.83. The standard InChI is InChI=1S/C21H21N3O2/c1-14-5-4-6-15-11-23(10-9-16(14)15)20(25)13-24-12-18(21(22)26)17-7-2-3-8-19(17)24/h2-8,12H,9-11,13H2,1H3,(H2,22,26). The van der Waals surface area contributed by atoms with Crippen molar-refractivity contribution in [1.82, 2.24) is 9.47 Å². The van der Waals surface area contributed by atoms with E-state index >= 15 is 0 Å². The molecule has 2 heterocycles. The molecule has 5 heteroatoms. The van der Waals surface area contributed by atoms with Crippen LogP contribution < -0.4 is 5.73 Å². The van der Waals surface area contributed by atoms with E-state index in [4.69, 9.17) is 5.73 Å². The molecule has 5 nitrogen and oxygen atoms in total. The molecule has 1 aromatic heterocycles. The maximum absolute atomic E-state index is 12.9. The highest BCUT2D eigenvalue weighted by molar-refractivity contribution is 6.06. The molecule has 1 aliphatic heterocycles. The molecule has 26 heavy (non-hydrogen) atoms. The summed E-state index contributed by atoms with van der Waals surface area (Å²) in [5.74, 6) is -0.427. The van der Waals surface area contributed by atoms with Gasteiger partial charge in [-0.25, -0.2) is 0 Å². The Morgan fingerprint density at radius 2 is 1.92 bits per heavy atom. The minimum atomic E-state index is -0.477. The Bertz CT molecular complexity index is 1020. The molecule has 2 aromatic carbocycles. The molecule has 3 aromatic rings. The lowest BCUT2D eigenvalue weighted by molar-refractivity contribution is -0.132. The molecular weight excluding hydrogens is 326 g/mol. The zero-order chi connectivity index (χ0) is 18.3. The average molecular weight is 347 g/mol. The van der Waals surface area contributed by atoms with Crippen molar-refractivity contribution in [2.75, 3.05) is 6.54 Å². The number of aryl methyl sites for hydroxylation is 1. The lowest BCUT2D eigenvalue weighted by Gasteiger charge is -2.30. The zero-order valence-corrected chi connectivity index (χ0v) is 14.7. The van der Waals surface area contributed by atoms with E-state index in [9.17, 15) is 9.59 Å². The van der Waals surface area contributed by atoms with E-state index in [1.165, 1.54) is 16.7 Å². The highest BCUT2D eigenvalue weighted by atomic mass is 16.2. The third kappa shape index (κ3) is 2.75. The second-order valence-corrected chi connectivity index (χ2v) is 6.83. The molecule has 132 valence electrons. The van der Waals surface area contributed by atoms with Crippen LogP contribution in [0.5, 0.6) is 0 Å². The number of primary amides is 1. The minimum absolute atomic E-state index is 0.0499. The SMILES string of the molecule is Cc1cccc2c1CCN(C(=O)Cn1cc(C(N)=O)c3ccccc31)C2. The number of hydrogen-bond donors (Lipinski definition) is 1. The Morgan fingerprint density at radius 3 is 2.73 bits per heavy atom. The normalized spacial score (nSPS) is 13.7. The van der Waals surface area contributed by atoms with Crippen molar-refractivity contribution >= 4 is 22.7 Å². The van der Waals surface area contributed by atoms with Gasteiger partial charge in [0.1, 0.15) is 6.54 Å². The number of benzene rings is 2. The van der Waals surface area contributed by atoms with Crippen molar-refractivity contribution in [3.8, 4) is 0 Å². The van der Waals surface area contributed by atoms with Crippen LogP contribution in [0, 0.1) is 6.92 Å². The van der Waals surface area contributed by atoms with E-state index in [2.05, 4.69) is 19.1 Å². The number of aromatic nitrogens is 1. The summed E-state index contributed by atoms with van der Waals surface area (Å²) in [4.78, 5) is 26.5. The molecule has 2 N–H and O–H groups in total. The third-order valence-corrected chi connectivity index (χ3v) is 5.21. The van der Waals surface area contributed by atoms with Crippen molar-refractivity contribution in [2.45, 2.75) is 26.4 Å². The van der Waals surface area contributed by atoms with Gasteiger partial charge in [-0.05, 0) is 36.1 Å². The molecule has 0 atom stereocenters. The van der Waals surface area contributed by atoms with Gasteiger partial charge in [0.25, 0.3) is 5.91 Å². The second kappa shape index (κ2) is 6.33. The predicted molar refractivity (Wildman–Crippen MR) is 101 cm³/mol. The highest BCUT2D eigenvalue weighted by Crippen LogP contribution is 2.24. The van der Waals surface area contributed by atoms with Gasteiger partial charge in [-0.2, -0.15) is 0 Å². The van der Waals surface area contributed by atoms with Gasteiger partial charge in [-0.3, -0.25) is 9.59 Å². The molecule has 2 amide bonds. The summed E-state index contributed by atoms with van der Waals surface area (Å²) in [6.07, 6.45) is 2.57. The fraction of sp³-hybridized carbons (Fsp3) is 0.238. The quantitative estimate of drug-likeness (QED) is 0.791. The number of fused-ring (bicyclic) bond motifs is 2. The first-order valence-electron chi connectivity index (χ1n) is 8.77. The Balaban J connectivity index is 1.60. The maximum Gasteiger partial charge on any atom is 0.250 e. The molecule has 0 spiro atoms. The van der Waals surface area contributed by atoms with Crippen LogP contribution in [0.1, 0.15) is 27.0 Å². The summed E-state index contributed by atoms with van der Waals surface area (Å²) < 4.78 is 1.82. The van der Waals surface area contributed by atoms with Gasteiger partial charge in [-0.15, -0.1) is 0 Å². The number of nitrogens with zero attached hydrogens (tertiary/aromatic N) is 2. The monoisotopic (exact) mass is 347 g/mol. The first kappa shape index (κ1) is 16.4. The molecule has 1 aliphatic rings. The van der Waals surface area contributed by atoms with Crippen LogP contribution in [0.15, 0.2) is 48.7 Å².